The highest BCUT2D eigenvalue weighted by Crippen LogP contribution is 2.30. The minimum absolute atomic E-state index is 1.06. The molecule has 0 amide bonds. The predicted molar refractivity (Wildman–Crippen MR) is 77.0 cm³/mol. The lowest BCUT2D eigenvalue weighted by molar-refractivity contribution is 0.724. The number of thiazole rings is 1. The lowest BCUT2D eigenvalue weighted by Crippen LogP contribution is -2.27. The third kappa shape index (κ3) is 2.46. The summed E-state index contributed by atoms with van der Waals surface area (Å²) in [5.41, 5.74) is 1.09. The van der Waals surface area contributed by atoms with Gasteiger partial charge < -0.3 is 10.2 Å². The fourth-order valence-electron chi connectivity index (χ4n) is 2.06. The van der Waals surface area contributed by atoms with Gasteiger partial charge in [-0.25, -0.2) is 4.98 Å². The van der Waals surface area contributed by atoms with E-state index in [-0.39, 0.29) is 0 Å². The van der Waals surface area contributed by atoms with Crippen molar-refractivity contribution in [3.05, 3.63) is 22.7 Å². The van der Waals surface area contributed by atoms with Crippen LogP contribution in [0.2, 0.25) is 0 Å². The molecule has 3 rings (SSSR count). The van der Waals surface area contributed by atoms with Gasteiger partial charge in [0.25, 0.3) is 0 Å². The molecule has 0 saturated carbocycles. The van der Waals surface area contributed by atoms with E-state index in [9.17, 15) is 0 Å². The third-order valence-corrected chi connectivity index (χ3v) is 4.54. The van der Waals surface area contributed by atoms with Gasteiger partial charge >= 0.3 is 0 Å². The zero-order chi connectivity index (χ0) is 11.7. The van der Waals surface area contributed by atoms with Crippen LogP contribution in [-0.4, -0.2) is 31.2 Å². The molecule has 0 radical (unpaired) electrons. The van der Waals surface area contributed by atoms with Gasteiger partial charge in [-0.1, -0.05) is 27.3 Å². The monoisotopic (exact) mass is 311 g/mol. The Morgan fingerprint density at radius 3 is 3.18 bits per heavy atom. The predicted octanol–water partition coefficient (Wildman–Crippen LogP) is 2.86. The molecular weight excluding hydrogens is 298 g/mol. The van der Waals surface area contributed by atoms with Gasteiger partial charge in [0.15, 0.2) is 5.13 Å². The molecule has 0 spiro atoms. The standard InChI is InChI=1S/C12H14BrN3S/c13-9-2-3-11-10(8-9)15-12(17-11)16-6-1-4-14-5-7-16/h2-3,8,14H,1,4-7H2. The van der Waals surface area contributed by atoms with Crippen molar-refractivity contribution in [3.8, 4) is 0 Å². The van der Waals surface area contributed by atoms with Gasteiger partial charge in [0.1, 0.15) is 0 Å². The molecule has 1 fully saturated rings. The summed E-state index contributed by atoms with van der Waals surface area (Å²) in [5, 5.41) is 4.57. The first-order valence-electron chi connectivity index (χ1n) is 5.85. The molecule has 0 bridgehead atoms. The summed E-state index contributed by atoms with van der Waals surface area (Å²) in [4.78, 5) is 7.11. The SMILES string of the molecule is Brc1ccc2sc(N3CCCNCC3)nc2c1. The second-order valence-corrected chi connectivity index (χ2v) is 6.12. The van der Waals surface area contributed by atoms with Crippen molar-refractivity contribution in [2.75, 3.05) is 31.1 Å². The van der Waals surface area contributed by atoms with E-state index in [2.05, 4.69) is 44.3 Å². The number of nitrogens with zero attached hydrogens (tertiary/aromatic N) is 2. The van der Waals surface area contributed by atoms with Crippen LogP contribution in [0.1, 0.15) is 6.42 Å². The molecule has 0 unspecified atom stereocenters. The summed E-state index contributed by atoms with van der Waals surface area (Å²) >= 11 is 5.28. The molecule has 1 N–H and O–H groups in total. The van der Waals surface area contributed by atoms with E-state index in [1.54, 1.807) is 11.3 Å². The molecule has 2 aromatic rings. The average molecular weight is 312 g/mol. The minimum atomic E-state index is 1.06. The summed E-state index contributed by atoms with van der Waals surface area (Å²) in [6.45, 7) is 4.33. The van der Waals surface area contributed by atoms with E-state index in [0.717, 1.165) is 41.3 Å². The Bertz CT molecular complexity index is 517. The largest absolute Gasteiger partial charge is 0.347 e. The number of fused-ring (bicyclic) bond motifs is 1. The maximum Gasteiger partial charge on any atom is 0.186 e. The fraction of sp³-hybridized carbons (Fsp3) is 0.417. The number of anilines is 1. The summed E-state index contributed by atoms with van der Waals surface area (Å²) in [7, 11) is 0. The molecule has 1 aliphatic rings. The van der Waals surface area contributed by atoms with Gasteiger partial charge in [0.05, 0.1) is 10.2 Å². The van der Waals surface area contributed by atoms with Crippen molar-refractivity contribution in [2.24, 2.45) is 0 Å². The molecule has 2 heterocycles. The van der Waals surface area contributed by atoms with E-state index in [0.29, 0.717) is 0 Å². The molecule has 0 aliphatic carbocycles. The molecule has 1 aliphatic heterocycles. The van der Waals surface area contributed by atoms with Gasteiger partial charge in [0, 0.05) is 24.1 Å². The lowest BCUT2D eigenvalue weighted by atomic mass is 10.3. The fourth-order valence-corrected chi connectivity index (χ4v) is 3.41. The van der Waals surface area contributed by atoms with Gasteiger partial charge in [-0.2, -0.15) is 0 Å². The molecule has 1 aromatic carbocycles. The van der Waals surface area contributed by atoms with Crippen LogP contribution in [0, 0.1) is 0 Å². The smallest absolute Gasteiger partial charge is 0.186 e. The van der Waals surface area contributed by atoms with E-state index in [4.69, 9.17) is 4.98 Å². The molecule has 17 heavy (non-hydrogen) atoms. The lowest BCUT2D eigenvalue weighted by Gasteiger charge is -2.17. The van der Waals surface area contributed by atoms with Crippen LogP contribution in [0.25, 0.3) is 10.2 Å². The Morgan fingerprint density at radius 2 is 2.24 bits per heavy atom. The third-order valence-electron chi connectivity index (χ3n) is 2.95. The van der Waals surface area contributed by atoms with Crippen molar-refractivity contribution in [1.82, 2.24) is 10.3 Å². The molecule has 3 nitrogen and oxygen atoms in total. The number of rotatable bonds is 1. The number of nitrogens with one attached hydrogen (secondary N) is 1. The van der Waals surface area contributed by atoms with Crippen molar-refractivity contribution in [1.29, 1.82) is 0 Å². The summed E-state index contributed by atoms with van der Waals surface area (Å²) in [5.74, 6) is 0. The summed E-state index contributed by atoms with van der Waals surface area (Å²) < 4.78 is 2.36. The maximum absolute atomic E-state index is 4.73. The minimum Gasteiger partial charge on any atom is -0.347 e. The van der Waals surface area contributed by atoms with Crippen LogP contribution in [0.4, 0.5) is 5.13 Å². The van der Waals surface area contributed by atoms with Crippen LogP contribution < -0.4 is 10.2 Å². The second-order valence-electron chi connectivity index (χ2n) is 4.20. The number of aromatic nitrogens is 1. The van der Waals surface area contributed by atoms with Crippen LogP contribution in [0.15, 0.2) is 22.7 Å². The summed E-state index contributed by atoms with van der Waals surface area (Å²) in [6.07, 6.45) is 1.19. The molecule has 5 heteroatoms. The molecule has 1 saturated heterocycles. The number of benzene rings is 1. The van der Waals surface area contributed by atoms with E-state index in [1.165, 1.54) is 11.1 Å². The topological polar surface area (TPSA) is 28.2 Å². The quantitative estimate of drug-likeness (QED) is 0.878. The molecular formula is C12H14BrN3S. The zero-order valence-electron chi connectivity index (χ0n) is 9.45. The Morgan fingerprint density at radius 1 is 1.29 bits per heavy atom. The first-order valence-corrected chi connectivity index (χ1v) is 7.46. The number of halogens is 1. The number of hydrogen-bond donors (Lipinski definition) is 1. The first-order chi connectivity index (χ1) is 8.33. The zero-order valence-corrected chi connectivity index (χ0v) is 11.9. The van der Waals surface area contributed by atoms with E-state index < -0.39 is 0 Å². The Balaban J connectivity index is 1.93. The highest BCUT2D eigenvalue weighted by Gasteiger charge is 2.13. The van der Waals surface area contributed by atoms with Crippen LogP contribution in [0.5, 0.6) is 0 Å². The summed E-state index contributed by atoms with van der Waals surface area (Å²) in [6, 6.07) is 6.30. The van der Waals surface area contributed by atoms with Gasteiger partial charge in [0.2, 0.25) is 0 Å². The van der Waals surface area contributed by atoms with Crippen molar-refractivity contribution < 1.29 is 0 Å². The van der Waals surface area contributed by atoms with Crippen molar-refractivity contribution in [2.45, 2.75) is 6.42 Å². The average Bonchev–Trinajstić information content (AvgIpc) is 2.57. The first kappa shape index (κ1) is 11.4. The van der Waals surface area contributed by atoms with Gasteiger partial charge in [-0.05, 0) is 31.2 Å². The highest BCUT2D eigenvalue weighted by molar-refractivity contribution is 9.10. The van der Waals surface area contributed by atoms with Crippen LogP contribution >= 0.6 is 27.3 Å². The van der Waals surface area contributed by atoms with Gasteiger partial charge in [-0.15, -0.1) is 0 Å². The molecule has 90 valence electrons. The Labute approximate surface area is 113 Å². The maximum atomic E-state index is 4.73. The van der Waals surface area contributed by atoms with Crippen molar-refractivity contribution >= 4 is 42.6 Å². The number of hydrogen-bond acceptors (Lipinski definition) is 4. The Kier molecular flexibility index (Phi) is 3.31. The van der Waals surface area contributed by atoms with Crippen LogP contribution in [0.3, 0.4) is 0 Å². The molecule has 1 aromatic heterocycles. The highest BCUT2D eigenvalue weighted by atomic mass is 79.9. The normalized spacial score (nSPS) is 17.4. The second kappa shape index (κ2) is 4.92. The van der Waals surface area contributed by atoms with E-state index in [1.807, 2.05) is 0 Å². The van der Waals surface area contributed by atoms with Crippen LogP contribution in [-0.2, 0) is 0 Å². The molecule has 0 atom stereocenters. The Hall–Kier alpha value is -0.650. The van der Waals surface area contributed by atoms with Gasteiger partial charge in [-0.3, -0.25) is 0 Å². The van der Waals surface area contributed by atoms with Crippen molar-refractivity contribution in [3.63, 3.8) is 0 Å². The van der Waals surface area contributed by atoms with E-state index >= 15 is 0 Å².